The van der Waals surface area contributed by atoms with Gasteiger partial charge in [-0.25, -0.2) is 10.1 Å². The van der Waals surface area contributed by atoms with E-state index in [0.29, 0.717) is 24.0 Å². The number of carbonyl (C=O) groups excluding carboxylic acids is 1. The molecule has 1 aliphatic rings. The first-order valence-corrected chi connectivity index (χ1v) is 11.1. The van der Waals surface area contributed by atoms with Crippen LogP contribution >= 0.6 is 28.3 Å². The normalized spacial score (nSPS) is 16.9. The Kier molecular flexibility index (Phi) is 8.16. The topological polar surface area (TPSA) is 140 Å². The van der Waals surface area contributed by atoms with Gasteiger partial charge in [0.15, 0.2) is 5.69 Å². The van der Waals surface area contributed by atoms with Crippen molar-refractivity contribution in [1.82, 2.24) is 35.6 Å². The van der Waals surface area contributed by atoms with E-state index in [9.17, 15) is 4.79 Å². The second kappa shape index (κ2) is 10.9. The standard InChI is InChI=1S/C20H24BrN9O2.ClH/c1-12-6-3-4-9-29(12)11-16-17(24-28-30(16)19-18(22)26-32-27-19)20(31)25-23-13(2)14-7-5-8-15(21)10-14;/h5,7-8,10,12H,3-4,6,9,11H2,1-2H3,(H2,22,26)(H,25,31);1H/b23-13-;. The number of nitrogens with one attached hydrogen (secondary N) is 1. The van der Waals surface area contributed by atoms with Gasteiger partial charge in [-0.15, -0.1) is 17.5 Å². The summed E-state index contributed by atoms with van der Waals surface area (Å²) in [5.41, 5.74) is 10.7. The van der Waals surface area contributed by atoms with Crippen molar-refractivity contribution in [3.8, 4) is 5.82 Å². The lowest BCUT2D eigenvalue weighted by Crippen LogP contribution is -2.38. The zero-order chi connectivity index (χ0) is 22.7. The lowest BCUT2D eigenvalue weighted by molar-refractivity contribution is 0.0944. The highest BCUT2D eigenvalue weighted by Gasteiger charge is 2.28. The molecule has 13 heteroatoms. The fourth-order valence-electron chi connectivity index (χ4n) is 3.68. The molecule has 1 unspecified atom stereocenters. The van der Waals surface area contributed by atoms with Gasteiger partial charge in [0.2, 0.25) is 11.6 Å². The third-order valence-corrected chi connectivity index (χ3v) is 6.03. The van der Waals surface area contributed by atoms with Crippen LogP contribution < -0.4 is 11.2 Å². The lowest BCUT2D eigenvalue weighted by Gasteiger charge is -2.33. The number of benzene rings is 1. The van der Waals surface area contributed by atoms with E-state index >= 15 is 0 Å². The van der Waals surface area contributed by atoms with Gasteiger partial charge in [0, 0.05) is 17.1 Å². The van der Waals surface area contributed by atoms with Gasteiger partial charge in [-0.05, 0) is 61.2 Å². The molecule has 176 valence electrons. The van der Waals surface area contributed by atoms with Gasteiger partial charge in [0.1, 0.15) is 0 Å². The number of anilines is 1. The molecule has 0 bridgehead atoms. The first-order chi connectivity index (χ1) is 15.4. The molecule has 1 atom stereocenters. The summed E-state index contributed by atoms with van der Waals surface area (Å²) in [6.45, 7) is 5.36. The Labute approximate surface area is 205 Å². The molecule has 1 fully saturated rings. The zero-order valence-electron chi connectivity index (χ0n) is 18.2. The predicted molar refractivity (Wildman–Crippen MR) is 128 cm³/mol. The van der Waals surface area contributed by atoms with E-state index in [1.807, 2.05) is 31.2 Å². The minimum absolute atomic E-state index is 0. The van der Waals surface area contributed by atoms with E-state index < -0.39 is 5.91 Å². The maximum atomic E-state index is 13.0. The van der Waals surface area contributed by atoms with Crippen LogP contribution in [0.4, 0.5) is 5.82 Å². The molecule has 1 aliphatic heterocycles. The molecule has 11 nitrogen and oxygen atoms in total. The molecule has 0 saturated carbocycles. The van der Waals surface area contributed by atoms with Crippen molar-refractivity contribution in [2.24, 2.45) is 5.10 Å². The van der Waals surface area contributed by atoms with Crippen LogP contribution in [0, 0.1) is 0 Å². The summed E-state index contributed by atoms with van der Waals surface area (Å²) in [4.78, 5) is 15.3. The number of carbonyl (C=O) groups is 1. The van der Waals surface area contributed by atoms with Gasteiger partial charge in [-0.1, -0.05) is 39.7 Å². The van der Waals surface area contributed by atoms with Crippen LogP contribution in [-0.2, 0) is 6.54 Å². The lowest BCUT2D eigenvalue weighted by atomic mass is 10.0. The maximum absolute atomic E-state index is 13.0. The molecule has 0 aliphatic carbocycles. The van der Waals surface area contributed by atoms with Crippen LogP contribution in [0.2, 0.25) is 0 Å². The Bertz CT molecular complexity index is 1150. The van der Waals surface area contributed by atoms with Crippen molar-refractivity contribution in [2.45, 2.75) is 45.7 Å². The molecule has 1 saturated heterocycles. The summed E-state index contributed by atoms with van der Waals surface area (Å²) in [5, 5.41) is 19.9. The van der Waals surface area contributed by atoms with Gasteiger partial charge in [0.05, 0.1) is 11.4 Å². The van der Waals surface area contributed by atoms with E-state index in [1.54, 1.807) is 0 Å². The second-order valence-corrected chi connectivity index (χ2v) is 8.65. The average molecular weight is 539 g/mol. The summed E-state index contributed by atoms with van der Waals surface area (Å²) in [7, 11) is 0. The van der Waals surface area contributed by atoms with E-state index in [1.165, 1.54) is 11.1 Å². The molecule has 3 aromatic rings. The SMILES string of the molecule is C/C(=N/NC(=O)c1nnn(-c2nonc2N)c1CN1CCCCC1C)c1cccc(Br)c1.Cl. The Morgan fingerprint density at radius 1 is 1.36 bits per heavy atom. The minimum atomic E-state index is -0.472. The molecule has 4 rings (SSSR count). The fourth-order valence-corrected chi connectivity index (χ4v) is 4.08. The van der Waals surface area contributed by atoms with Crippen LogP contribution in [0.5, 0.6) is 0 Å². The van der Waals surface area contributed by atoms with Crippen LogP contribution in [0.15, 0.2) is 38.5 Å². The summed E-state index contributed by atoms with van der Waals surface area (Å²) in [5.74, 6) is -0.205. The summed E-state index contributed by atoms with van der Waals surface area (Å²) >= 11 is 3.44. The smallest absolute Gasteiger partial charge is 0.293 e. The maximum Gasteiger partial charge on any atom is 0.293 e. The molecule has 3 heterocycles. The fraction of sp³-hybridized carbons (Fsp3) is 0.400. The van der Waals surface area contributed by atoms with Gasteiger partial charge in [0.25, 0.3) is 5.91 Å². The van der Waals surface area contributed by atoms with Crippen molar-refractivity contribution in [1.29, 1.82) is 0 Å². The van der Waals surface area contributed by atoms with Crippen LogP contribution in [0.3, 0.4) is 0 Å². The Morgan fingerprint density at radius 3 is 2.88 bits per heavy atom. The summed E-state index contributed by atoms with van der Waals surface area (Å²) < 4.78 is 7.06. The molecule has 3 N–H and O–H groups in total. The largest absolute Gasteiger partial charge is 0.378 e. The van der Waals surface area contributed by atoms with Crippen molar-refractivity contribution < 1.29 is 9.42 Å². The van der Waals surface area contributed by atoms with Crippen LogP contribution in [0.25, 0.3) is 5.82 Å². The number of hydrazone groups is 1. The third-order valence-electron chi connectivity index (χ3n) is 5.54. The van der Waals surface area contributed by atoms with E-state index in [-0.39, 0.29) is 29.7 Å². The number of nitrogens with zero attached hydrogens (tertiary/aromatic N) is 7. The first-order valence-electron chi connectivity index (χ1n) is 10.3. The van der Waals surface area contributed by atoms with E-state index in [4.69, 9.17) is 10.4 Å². The average Bonchev–Trinajstić information content (AvgIpc) is 3.39. The van der Waals surface area contributed by atoms with Gasteiger partial charge < -0.3 is 5.73 Å². The van der Waals surface area contributed by atoms with Crippen molar-refractivity contribution in [3.05, 3.63) is 45.7 Å². The van der Waals surface area contributed by atoms with Crippen molar-refractivity contribution >= 4 is 45.8 Å². The number of likely N-dealkylation sites (tertiary alicyclic amines) is 1. The number of rotatable bonds is 6. The van der Waals surface area contributed by atoms with Gasteiger partial charge in [-0.2, -0.15) is 9.78 Å². The predicted octanol–water partition coefficient (Wildman–Crippen LogP) is 2.95. The number of nitrogens with two attached hydrogens (primary N) is 1. The molecule has 33 heavy (non-hydrogen) atoms. The molecular formula is C20H25BrClN9O2. The van der Waals surface area contributed by atoms with Crippen molar-refractivity contribution in [2.75, 3.05) is 12.3 Å². The number of hydrogen-bond acceptors (Lipinski definition) is 9. The molecular weight excluding hydrogens is 514 g/mol. The van der Waals surface area contributed by atoms with Crippen molar-refractivity contribution in [3.63, 3.8) is 0 Å². The van der Waals surface area contributed by atoms with Gasteiger partial charge >= 0.3 is 0 Å². The monoisotopic (exact) mass is 537 g/mol. The molecule has 1 aromatic carbocycles. The highest BCUT2D eigenvalue weighted by molar-refractivity contribution is 9.10. The van der Waals surface area contributed by atoms with E-state index in [0.717, 1.165) is 29.4 Å². The highest BCUT2D eigenvalue weighted by Crippen LogP contribution is 2.23. The van der Waals surface area contributed by atoms with E-state index in [2.05, 4.69) is 58.9 Å². The third kappa shape index (κ3) is 5.57. The number of halogens is 2. The molecule has 0 radical (unpaired) electrons. The molecule has 0 spiro atoms. The molecule has 2 aromatic heterocycles. The number of aromatic nitrogens is 5. The number of hydrogen-bond donors (Lipinski definition) is 2. The number of amides is 1. The molecule has 1 amide bonds. The Balaban J connectivity index is 0.00000306. The quantitative estimate of drug-likeness (QED) is 0.360. The second-order valence-electron chi connectivity index (χ2n) is 7.73. The summed E-state index contributed by atoms with van der Waals surface area (Å²) in [6, 6.07) is 8.03. The van der Waals surface area contributed by atoms with Gasteiger partial charge in [-0.3, -0.25) is 9.69 Å². The summed E-state index contributed by atoms with van der Waals surface area (Å²) in [6.07, 6.45) is 3.37. The van der Waals surface area contributed by atoms with Crippen LogP contribution in [-0.4, -0.2) is 54.4 Å². The van der Waals surface area contributed by atoms with Crippen LogP contribution in [0.1, 0.15) is 54.9 Å². The number of piperidine rings is 1. The zero-order valence-corrected chi connectivity index (χ0v) is 20.6. The minimum Gasteiger partial charge on any atom is -0.378 e. The Hall–Kier alpha value is -2.83. The first kappa shape index (κ1) is 24.8. The highest BCUT2D eigenvalue weighted by atomic mass is 79.9. The number of nitrogen functional groups attached to an aromatic ring is 1. The Morgan fingerprint density at radius 2 is 2.18 bits per heavy atom.